The first-order valence-corrected chi connectivity index (χ1v) is 11.4. The van der Waals surface area contributed by atoms with Crippen LogP contribution in [0.15, 0.2) is 43.0 Å². The third-order valence-corrected chi connectivity index (χ3v) is 7.01. The molecule has 1 aromatic heterocycles. The van der Waals surface area contributed by atoms with Gasteiger partial charge in [0, 0.05) is 42.6 Å². The van der Waals surface area contributed by atoms with Crippen LogP contribution in [-0.4, -0.2) is 63.0 Å². The molecule has 162 valence electrons. The highest BCUT2D eigenvalue weighted by Crippen LogP contribution is 2.33. The maximum Gasteiger partial charge on any atom is 0.239 e. The summed E-state index contributed by atoms with van der Waals surface area (Å²) < 4.78 is 2.19. The van der Waals surface area contributed by atoms with E-state index in [0.29, 0.717) is 11.4 Å². The predicted molar refractivity (Wildman–Crippen MR) is 119 cm³/mol. The summed E-state index contributed by atoms with van der Waals surface area (Å²) in [6.07, 6.45) is 12.1. The molecular weight excluding hydrogens is 398 g/mol. The van der Waals surface area contributed by atoms with Gasteiger partial charge in [-0.2, -0.15) is 0 Å². The lowest BCUT2D eigenvalue weighted by molar-refractivity contribution is -0.135. The third kappa shape index (κ3) is 4.88. The van der Waals surface area contributed by atoms with Crippen LogP contribution in [0, 0.1) is 0 Å². The van der Waals surface area contributed by atoms with Crippen molar-refractivity contribution >= 4 is 17.5 Å². The Morgan fingerprint density at radius 3 is 2.43 bits per heavy atom. The number of nitrogens with zero attached hydrogens (tertiary/aromatic N) is 4. The Morgan fingerprint density at radius 2 is 1.80 bits per heavy atom. The van der Waals surface area contributed by atoms with Crippen LogP contribution >= 0.6 is 11.6 Å². The van der Waals surface area contributed by atoms with E-state index in [1.807, 2.05) is 47.9 Å². The quantitative estimate of drug-likeness (QED) is 0.766. The summed E-state index contributed by atoms with van der Waals surface area (Å²) in [5, 5.41) is 0.696. The minimum atomic E-state index is -0.512. The number of amides is 1. The van der Waals surface area contributed by atoms with Crippen molar-refractivity contribution in [3.05, 3.63) is 53.6 Å². The molecule has 2 aromatic rings. The second kappa shape index (κ2) is 9.50. The van der Waals surface area contributed by atoms with Gasteiger partial charge in [0.05, 0.1) is 12.4 Å². The Kier molecular flexibility index (Phi) is 6.76. The summed E-state index contributed by atoms with van der Waals surface area (Å²) in [6, 6.07) is 7.06. The van der Waals surface area contributed by atoms with Crippen LogP contribution in [0.4, 0.5) is 0 Å². The molecule has 0 aliphatic carbocycles. The Balaban J connectivity index is 1.40. The summed E-state index contributed by atoms with van der Waals surface area (Å²) in [4.78, 5) is 21.9. The molecule has 0 radical (unpaired) electrons. The molecule has 0 spiro atoms. The lowest BCUT2D eigenvalue weighted by atomic mass is 9.83. The number of hydrogen-bond acceptors (Lipinski definition) is 4. The van der Waals surface area contributed by atoms with Gasteiger partial charge in [-0.25, -0.2) is 4.98 Å². The molecule has 1 aromatic carbocycles. The van der Waals surface area contributed by atoms with E-state index in [4.69, 9.17) is 17.3 Å². The van der Waals surface area contributed by atoms with Crippen LogP contribution in [0.5, 0.6) is 0 Å². The van der Waals surface area contributed by atoms with Crippen molar-refractivity contribution in [1.29, 1.82) is 0 Å². The first-order valence-electron chi connectivity index (χ1n) is 11.1. The van der Waals surface area contributed by atoms with Gasteiger partial charge in [-0.05, 0) is 62.9 Å². The lowest BCUT2D eigenvalue weighted by Crippen LogP contribution is -2.60. The van der Waals surface area contributed by atoms with E-state index in [1.54, 1.807) is 0 Å². The average Bonchev–Trinajstić information content (AvgIpc) is 3.29. The van der Waals surface area contributed by atoms with E-state index in [1.165, 1.54) is 19.3 Å². The maximum absolute atomic E-state index is 13.0. The van der Waals surface area contributed by atoms with Crippen LogP contribution in [-0.2, 0) is 17.8 Å². The molecule has 30 heavy (non-hydrogen) atoms. The van der Waals surface area contributed by atoms with E-state index in [2.05, 4.69) is 14.5 Å². The molecule has 2 fully saturated rings. The van der Waals surface area contributed by atoms with Gasteiger partial charge in [0.2, 0.25) is 5.91 Å². The van der Waals surface area contributed by atoms with E-state index < -0.39 is 6.04 Å². The Labute approximate surface area is 184 Å². The van der Waals surface area contributed by atoms with Crippen molar-refractivity contribution in [3.63, 3.8) is 0 Å². The molecule has 4 rings (SSSR count). The maximum atomic E-state index is 13.0. The number of aromatic nitrogens is 2. The molecule has 1 atom stereocenters. The number of imidazole rings is 1. The highest BCUT2D eigenvalue weighted by Gasteiger charge is 2.41. The Hall–Kier alpha value is -1.89. The molecule has 3 heterocycles. The molecule has 0 saturated carbocycles. The zero-order valence-corrected chi connectivity index (χ0v) is 18.3. The second-order valence-electron chi connectivity index (χ2n) is 8.77. The minimum absolute atomic E-state index is 0.0554. The number of carbonyl (C=O) groups is 1. The largest absolute Gasteiger partial charge is 0.341 e. The van der Waals surface area contributed by atoms with Gasteiger partial charge in [-0.3, -0.25) is 9.69 Å². The summed E-state index contributed by atoms with van der Waals surface area (Å²) in [6.45, 7) is 4.76. The smallest absolute Gasteiger partial charge is 0.239 e. The van der Waals surface area contributed by atoms with E-state index in [-0.39, 0.29) is 11.4 Å². The van der Waals surface area contributed by atoms with Crippen LogP contribution in [0.2, 0.25) is 5.02 Å². The fourth-order valence-corrected chi connectivity index (χ4v) is 5.13. The van der Waals surface area contributed by atoms with Gasteiger partial charge in [0.1, 0.15) is 0 Å². The number of hydrogen-bond donors (Lipinski definition) is 1. The lowest BCUT2D eigenvalue weighted by Gasteiger charge is -2.50. The predicted octanol–water partition coefficient (Wildman–Crippen LogP) is 2.95. The third-order valence-electron chi connectivity index (χ3n) is 6.75. The average molecular weight is 430 g/mol. The van der Waals surface area contributed by atoms with E-state index in [0.717, 1.165) is 51.1 Å². The Morgan fingerprint density at radius 1 is 1.10 bits per heavy atom. The molecule has 1 unspecified atom stereocenters. The van der Waals surface area contributed by atoms with Gasteiger partial charge >= 0.3 is 0 Å². The molecule has 7 heteroatoms. The normalized spacial score (nSPS) is 20.8. The zero-order chi connectivity index (χ0) is 21.0. The molecule has 1 amide bonds. The molecule has 2 N–H and O–H groups in total. The van der Waals surface area contributed by atoms with Gasteiger partial charge in [0.25, 0.3) is 0 Å². The van der Waals surface area contributed by atoms with Gasteiger partial charge in [-0.1, -0.05) is 30.2 Å². The van der Waals surface area contributed by atoms with Crippen LogP contribution in [0.1, 0.15) is 37.7 Å². The number of benzene rings is 1. The summed E-state index contributed by atoms with van der Waals surface area (Å²) in [5.41, 5.74) is 7.43. The summed E-state index contributed by atoms with van der Waals surface area (Å²) >= 11 is 5.96. The number of carbonyl (C=O) groups excluding carboxylic acids is 1. The summed E-state index contributed by atoms with van der Waals surface area (Å²) in [5.74, 6) is 0.0554. The van der Waals surface area contributed by atoms with Crippen molar-refractivity contribution in [1.82, 2.24) is 19.4 Å². The highest BCUT2D eigenvalue weighted by atomic mass is 35.5. The molecule has 6 nitrogen and oxygen atoms in total. The van der Waals surface area contributed by atoms with Crippen LogP contribution in [0.3, 0.4) is 0 Å². The molecular formula is C23H32ClN5O. The Bertz CT molecular complexity index is 809. The zero-order valence-electron chi connectivity index (χ0n) is 17.5. The number of halogens is 1. The fourth-order valence-electron chi connectivity index (χ4n) is 5.00. The van der Waals surface area contributed by atoms with Crippen LogP contribution in [0.25, 0.3) is 0 Å². The number of piperidine rings is 2. The van der Waals surface area contributed by atoms with Crippen molar-refractivity contribution in [2.75, 3.05) is 26.2 Å². The summed E-state index contributed by atoms with van der Waals surface area (Å²) in [7, 11) is 0. The topological polar surface area (TPSA) is 67.4 Å². The number of likely N-dealkylation sites (tertiary alicyclic amines) is 2. The van der Waals surface area contributed by atoms with Gasteiger partial charge in [-0.15, -0.1) is 0 Å². The fraction of sp³-hybridized carbons (Fsp3) is 0.565. The van der Waals surface area contributed by atoms with Crippen LogP contribution < -0.4 is 5.73 Å². The number of nitrogens with two attached hydrogens (primary N) is 1. The second-order valence-corrected chi connectivity index (χ2v) is 9.21. The highest BCUT2D eigenvalue weighted by molar-refractivity contribution is 6.30. The molecule has 2 saturated heterocycles. The standard InChI is InChI=1S/C23H32ClN5O/c24-20-6-4-19(5-7-20)16-21(25)22(30)28-13-8-23(9-14-28,17-27-15-10-26-18-27)29-11-2-1-3-12-29/h4-7,10,15,18,21H,1-3,8-9,11-14,16-17,25H2. The van der Waals surface area contributed by atoms with E-state index in [9.17, 15) is 4.79 Å². The van der Waals surface area contributed by atoms with Crippen molar-refractivity contribution in [3.8, 4) is 0 Å². The van der Waals surface area contributed by atoms with Gasteiger partial charge < -0.3 is 15.2 Å². The van der Waals surface area contributed by atoms with E-state index >= 15 is 0 Å². The van der Waals surface area contributed by atoms with Crippen molar-refractivity contribution in [2.45, 2.75) is 56.7 Å². The van der Waals surface area contributed by atoms with Gasteiger partial charge in [0.15, 0.2) is 0 Å². The van der Waals surface area contributed by atoms with Crippen molar-refractivity contribution < 1.29 is 4.79 Å². The molecule has 2 aliphatic heterocycles. The monoisotopic (exact) mass is 429 g/mol. The first kappa shape index (κ1) is 21.3. The first-order chi connectivity index (χ1) is 14.6. The molecule has 0 bridgehead atoms. The SMILES string of the molecule is NC(Cc1ccc(Cl)cc1)C(=O)N1CCC(Cn2ccnc2)(N2CCCCC2)CC1. The minimum Gasteiger partial charge on any atom is -0.341 e. The molecule has 2 aliphatic rings. The van der Waals surface area contributed by atoms with Crippen molar-refractivity contribution in [2.24, 2.45) is 5.73 Å². The number of rotatable bonds is 6.